The lowest BCUT2D eigenvalue weighted by Crippen LogP contribution is -2.46. The van der Waals surface area contributed by atoms with Crippen LogP contribution in [0.15, 0.2) is 6.07 Å². The fraction of sp³-hybridized carbons (Fsp3) is 0.783. The lowest BCUT2D eigenvalue weighted by molar-refractivity contribution is -0.136. The molecule has 7 nitrogen and oxygen atoms in total. The molecule has 0 aliphatic carbocycles. The molecule has 4 aliphatic heterocycles. The van der Waals surface area contributed by atoms with Crippen molar-refractivity contribution in [1.82, 2.24) is 14.9 Å². The highest BCUT2D eigenvalue weighted by atomic mass is 16.5. The lowest BCUT2D eigenvalue weighted by atomic mass is 9.78. The minimum absolute atomic E-state index is 0.0653. The zero-order valence-electron chi connectivity index (χ0n) is 18.3. The third-order valence-corrected chi connectivity index (χ3v) is 7.79. The molecule has 1 spiro atoms. The second-order valence-electron chi connectivity index (χ2n) is 9.87. The molecular weight excluding hydrogens is 380 g/mol. The lowest BCUT2D eigenvalue weighted by Gasteiger charge is -2.39. The van der Waals surface area contributed by atoms with E-state index in [-0.39, 0.29) is 12.0 Å². The average molecular weight is 415 g/mol. The van der Waals surface area contributed by atoms with E-state index in [1.54, 1.807) is 0 Å². The number of amides is 1. The monoisotopic (exact) mass is 414 g/mol. The Morgan fingerprint density at radius 2 is 1.93 bits per heavy atom. The predicted molar refractivity (Wildman–Crippen MR) is 113 cm³/mol. The van der Waals surface area contributed by atoms with Gasteiger partial charge in [-0.05, 0) is 56.9 Å². The molecule has 0 bridgehead atoms. The number of hydrogen-bond donors (Lipinski definition) is 0. The van der Waals surface area contributed by atoms with Crippen LogP contribution >= 0.6 is 0 Å². The van der Waals surface area contributed by atoms with Gasteiger partial charge in [-0.2, -0.15) is 0 Å². The third-order valence-electron chi connectivity index (χ3n) is 7.79. The van der Waals surface area contributed by atoms with Gasteiger partial charge in [-0.15, -0.1) is 0 Å². The molecule has 0 radical (unpaired) electrons. The van der Waals surface area contributed by atoms with Gasteiger partial charge in [0.25, 0.3) is 0 Å². The fourth-order valence-corrected chi connectivity index (χ4v) is 5.90. The van der Waals surface area contributed by atoms with Crippen LogP contribution in [-0.2, 0) is 14.3 Å². The zero-order valence-corrected chi connectivity index (χ0v) is 18.3. The first-order valence-corrected chi connectivity index (χ1v) is 11.6. The Hall–Kier alpha value is -1.73. The third kappa shape index (κ3) is 3.94. The van der Waals surface area contributed by atoms with Gasteiger partial charge in [0.1, 0.15) is 0 Å². The number of aryl methyl sites for hydroxylation is 2. The minimum Gasteiger partial charge on any atom is -0.381 e. The van der Waals surface area contributed by atoms with E-state index in [0.717, 1.165) is 89.0 Å². The van der Waals surface area contributed by atoms with Gasteiger partial charge in [-0.1, -0.05) is 0 Å². The van der Waals surface area contributed by atoms with E-state index in [9.17, 15) is 4.79 Å². The largest absolute Gasteiger partial charge is 0.381 e. The summed E-state index contributed by atoms with van der Waals surface area (Å²) in [6, 6.07) is 2.01. The molecule has 4 saturated heterocycles. The van der Waals surface area contributed by atoms with Crippen molar-refractivity contribution in [3.63, 3.8) is 0 Å². The SMILES string of the molecule is Cc1cc(C)nc(N2CC[C@@H]3[C@@H](CO[C@H]3CC(=O)N3CCC4(CCOC4)CC3)C2)n1. The molecule has 1 aromatic heterocycles. The molecule has 5 heterocycles. The van der Waals surface area contributed by atoms with Crippen LogP contribution in [0.3, 0.4) is 0 Å². The summed E-state index contributed by atoms with van der Waals surface area (Å²) in [4.78, 5) is 26.6. The summed E-state index contributed by atoms with van der Waals surface area (Å²) >= 11 is 0. The summed E-state index contributed by atoms with van der Waals surface area (Å²) in [5.74, 6) is 2.04. The van der Waals surface area contributed by atoms with Gasteiger partial charge >= 0.3 is 0 Å². The smallest absolute Gasteiger partial charge is 0.225 e. The first-order valence-electron chi connectivity index (χ1n) is 11.6. The van der Waals surface area contributed by atoms with Gasteiger partial charge in [0, 0.05) is 50.1 Å². The number of aromatic nitrogens is 2. The van der Waals surface area contributed by atoms with Crippen LogP contribution in [0.2, 0.25) is 0 Å². The Balaban J connectivity index is 1.15. The van der Waals surface area contributed by atoms with Crippen LogP contribution in [-0.4, -0.2) is 72.9 Å². The van der Waals surface area contributed by atoms with Crippen LogP contribution in [0.5, 0.6) is 0 Å². The molecule has 0 N–H and O–H groups in total. The first kappa shape index (κ1) is 20.2. The molecule has 0 aromatic carbocycles. The number of ether oxygens (including phenoxy) is 2. The number of rotatable bonds is 3. The van der Waals surface area contributed by atoms with Gasteiger partial charge in [0.15, 0.2) is 0 Å². The quantitative estimate of drug-likeness (QED) is 0.756. The Kier molecular flexibility index (Phi) is 5.44. The number of fused-ring (bicyclic) bond motifs is 1. The molecular formula is C23H34N4O3. The van der Waals surface area contributed by atoms with Crippen molar-refractivity contribution in [3.8, 4) is 0 Å². The van der Waals surface area contributed by atoms with E-state index in [1.807, 2.05) is 19.9 Å². The topological polar surface area (TPSA) is 67.8 Å². The zero-order chi connectivity index (χ0) is 20.7. The van der Waals surface area contributed by atoms with Gasteiger partial charge < -0.3 is 19.3 Å². The normalized spacial score (nSPS) is 30.7. The molecule has 3 atom stereocenters. The number of carbonyl (C=O) groups excluding carboxylic acids is 1. The Morgan fingerprint density at radius 1 is 1.17 bits per heavy atom. The molecule has 4 fully saturated rings. The van der Waals surface area contributed by atoms with E-state index >= 15 is 0 Å². The van der Waals surface area contributed by atoms with Crippen molar-refractivity contribution in [2.45, 2.75) is 52.1 Å². The van der Waals surface area contributed by atoms with Crippen LogP contribution in [0.1, 0.15) is 43.5 Å². The summed E-state index contributed by atoms with van der Waals surface area (Å²) < 4.78 is 11.8. The summed E-state index contributed by atoms with van der Waals surface area (Å²) in [5, 5.41) is 0. The van der Waals surface area contributed by atoms with E-state index < -0.39 is 0 Å². The molecule has 0 unspecified atom stereocenters. The second kappa shape index (κ2) is 8.08. The van der Waals surface area contributed by atoms with Gasteiger partial charge in [-0.25, -0.2) is 9.97 Å². The molecule has 30 heavy (non-hydrogen) atoms. The number of piperidine rings is 2. The maximum atomic E-state index is 13.0. The summed E-state index contributed by atoms with van der Waals surface area (Å²) in [5.41, 5.74) is 2.37. The Bertz CT molecular complexity index is 764. The van der Waals surface area contributed by atoms with Crippen molar-refractivity contribution < 1.29 is 14.3 Å². The average Bonchev–Trinajstić information content (AvgIpc) is 3.35. The Labute approximate surface area is 179 Å². The molecule has 7 heteroatoms. The predicted octanol–water partition coefficient (Wildman–Crippen LogP) is 2.35. The van der Waals surface area contributed by atoms with E-state index in [2.05, 4.69) is 19.8 Å². The van der Waals surface area contributed by atoms with Crippen LogP contribution in [0.25, 0.3) is 0 Å². The Morgan fingerprint density at radius 3 is 2.63 bits per heavy atom. The number of carbonyl (C=O) groups is 1. The van der Waals surface area contributed by atoms with Crippen molar-refractivity contribution in [1.29, 1.82) is 0 Å². The van der Waals surface area contributed by atoms with Crippen molar-refractivity contribution in [3.05, 3.63) is 17.5 Å². The van der Waals surface area contributed by atoms with Crippen molar-refractivity contribution in [2.75, 3.05) is 50.9 Å². The number of hydrogen-bond acceptors (Lipinski definition) is 6. The van der Waals surface area contributed by atoms with Crippen LogP contribution in [0, 0.1) is 31.1 Å². The van der Waals surface area contributed by atoms with Crippen LogP contribution < -0.4 is 4.90 Å². The number of nitrogens with zero attached hydrogens (tertiary/aromatic N) is 4. The molecule has 5 rings (SSSR count). The van der Waals surface area contributed by atoms with Gasteiger partial charge in [-0.3, -0.25) is 4.79 Å². The number of anilines is 1. The fourth-order valence-electron chi connectivity index (χ4n) is 5.90. The van der Waals surface area contributed by atoms with Crippen molar-refractivity contribution >= 4 is 11.9 Å². The minimum atomic E-state index is 0.0653. The van der Waals surface area contributed by atoms with E-state index in [1.165, 1.54) is 0 Å². The molecule has 164 valence electrons. The van der Waals surface area contributed by atoms with Gasteiger partial charge in [0.2, 0.25) is 11.9 Å². The summed E-state index contributed by atoms with van der Waals surface area (Å²) in [7, 11) is 0. The van der Waals surface area contributed by atoms with Gasteiger partial charge in [0.05, 0.1) is 25.7 Å². The summed E-state index contributed by atoms with van der Waals surface area (Å²) in [6.07, 6.45) is 4.97. The van der Waals surface area contributed by atoms with Crippen LogP contribution in [0.4, 0.5) is 5.95 Å². The maximum absolute atomic E-state index is 13.0. The van der Waals surface area contributed by atoms with Crippen molar-refractivity contribution in [2.24, 2.45) is 17.3 Å². The molecule has 1 aromatic rings. The first-order chi connectivity index (χ1) is 14.5. The highest BCUT2D eigenvalue weighted by molar-refractivity contribution is 5.77. The highest BCUT2D eigenvalue weighted by Crippen LogP contribution is 2.40. The number of likely N-dealkylation sites (tertiary alicyclic amines) is 1. The second-order valence-corrected chi connectivity index (χ2v) is 9.87. The van der Waals surface area contributed by atoms with E-state index in [4.69, 9.17) is 9.47 Å². The molecule has 4 aliphatic rings. The van der Waals surface area contributed by atoms with E-state index in [0.29, 0.717) is 23.7 Å². The molecule has 0 saturated carbocycles. The standard InChI is InChI=1S/C23H34N4O3/c1-16-11-17(2)25-22(24-16)27-7-3-19-18(13-27)14-30-20(19)12-21(28)26-8-4-23(5-9-26)6-10-29-15-23/h11,18-20H,3-10,12-15H2,1-2H3/t18-,19-,20+/m1/s1. The maximum Gasteiger partial charge on any atom is 0.225 e. The highest BCUT2D eigenvalue weighted by Gasteiger charge is 2.44. The molecule has 1 amide bonds. The summed E-state index contributed by atoms with van der Waals surface area (Å²) in [6.45, 7) is 10.2.